The van der Waals surface area contributed by atoms with E-state index in [4.69, 9.17) is 0 Å². The Morgan fingerprint density at radius 3 is 2.43 bits per heavy atom. The lowest BCUT2D eigenvalue weighted by Gasteiger charge is -2.15. The summed E-state index contributed by atoms with van der Waals surface area (Å²) >= 11 is 0. The molecule has 0 saturated heterocycles. The number of aryl methyl sites for hydroxylation is 1. The maximum atomic E-state index is 13.1. The summed E-state index contributed by atoms with van der Waals surface area (Å²) in [5.74, 6) is -0.306. The number of anilines is 2. The first kappa shape index (κ1) is 19.8. The highest BCUT2D eigenvalue weighted by Crippen LogP contribution is 2.31. The van der Waals surface area contributed by atoms with Crippen LogP contribution >= 0.6 is 0 Å². The fraction of sp³-hybridized carbons (Fsp3) is 0.304. The molecule has 2 N–H and O–H groups in total. The minimum Gasteiger partial charge on any atom is -0.326 e. The van der Waals surface area contributed by atoms with Crippen molar-refractivity contribution >= 4 is 34.0 Å². The maximum absolute atomic E-state index is 13.1. The number of hydrogen-bond donors (Lipinski definition) is 2. The third kappa shape index (κ3) is 3.83. The largest absolute Gasteiger partial charge is 0.326 e. The molecule has 1 aromatic heterocycles. The molecular weight excluding hydrogens is 380 g/mol. The van der Waals surface area contributed by atoms with E-state index in [9.17, 15) is 14.4 Å². The molecule has 2 amide bonds. The Morgan fingerprint density at radius 1 is 1.07 bits per heavy atom. The molecule has 0 spiro atoms. The molecule has 0 radical (unpaired) electrons. The van der Waals surface area contributed by atoms with Crippen LogP contribution in [0.5, 0.6) is 0 Å². The number of amides is 2. The van der Waals surface area contributed by atoms with Crippen molar-refractivity contribution in [3.8, 4) is 0 Å². The van der Waals surface area contributed by atoms with Gasteiger partial charge in [-0.05, 0) is 57.4 Å². The van der Waals surface area contributed by atoms with Gasteiger partial charge in [0, 0.05) is 22.7 Å². The Hall–Kier alpha value is -3.48. The summed E-state index contributed by atoms with van der Waals surface area (Å²) in [6.07, 6.45) is 1.84. The smallest absolute Gasteiger partial charge is 0.276 e. The first-order valence-electron chi connectivity index (χ1n) is 10.1. The quantitative estimate of drug-likeness (QED) is 0.675. The molecule has 0 atom stereocenters. The SMILES string of the molecule is Cc1ccc(NC(=O)C2CC2)cc1NC(=O)c1nn(C(C)C)c(=O)c2ccccc12. The van der Waals surface area contributed by atoms with E-state index in [-0.39, 0.29) is 29.1 Å². The number of carbonyl (C=O) groups is 2. The number of carbonyl (C=O) groups excluding carboxylic acids is 2. The van der Waals surface area contributed by atoms with Crippen LogP contribution in [-0.2, 0) is 4.79 Å². The van der Waals surface area contributed by atoms with Gasteiger partial charge in [-0.1, -0.05) is 24.3 Å². The molecule has 7 nitrogen and oxygen atoms in total. The predicted octanol–water partition coefficient (Wildman–Crippen LogP) is 3.89. The number of fused-ring (bicyclic) bond motifs is 1. The lowest BCUT2D eigenvalue weighted by Crippen LogP contribution is -2.29. The Labute approximate surface area is 174 Å². The Morgan fingerprint density at radius 2 is 1.77 bits per heavy atom. The first-order valence-corrected chi connectivity index (χ1v) is 10.1. The van der Waals surface area contributed by atoms with Crippen LogP contribution in [0.4, 0.5) is 11.4 Å². The van der Waals surface area contributed by atoms with Crippen molar-refractivity contribution in [2.75, 3.05) is 10.6 Å². The predicted molar refractivity (Wildman–Crippen MR) is 117 cm³/mol. The average Bonchev–Trinajstić information content (AvgIpc) is 3.56. The minimum absolute atomic E-state index is 0.00722. The van der Waals surface area contributed by atoms with Gasteiger partial charge < -0.3 is 10.6 Å². The summed E-state index contributed by atoms with van der Waals surface area (Å²) < 4.78 is 1.33. The number of nitrogens with zero attached hydrogens (tertiary/aromatic N) is 2. The van der Waals surface area contributed by atoms with Crippen molar-refractivity contribution in [2.45, 2.75) is 39.7 Å². The van der Waals surface area contributed by atoms with Gasteiger partial charge in [0.05, 0.1) is 11.4 Å². The summed E-state index contributed by atoms with van der Waals surface area (Å²) in [5.41, 5.74) is 2.04. The summed E-state index contributed by atoms with van der Waals surface area (Å²) in [4.78, 5) is 37.9. The van der Waals surface area contributed by atoms with Gasteiger partial charge in [-0.25, -0.2) is 4.68 Å². The van der Waals surface area contributed by atoms with E-state index in [1.807, 2.05) is 32.9 Å². The molecule has 2 aromatic carbocycles. The lowest BCUT2D eigenvalue weighted by atomic mass is 10.1. The van der Waals surface area contributed by atoms with Crippen LogP contribution in [0.2, 0.25) is 0 Å². The van der Waals surface area contributed by atoms with Crippen LogP contribution in [0.15, 0.2) is 47.3 Å². The molecule has 4 rings (SSSR count). The summed E-state index contributed by atoms with van der Waals surface area (Å²) in [5, 5.41) is 11.1. The lowest BCUT2D eigenvalue weighted by molar-refractivity contribution is -0.117. The molecule has 1 aliphatic carbocycles. The topological polar surface area (TPSA) is 93.1 Å². The summed E-state index contributed by atoms with van der Waals surface area (Å²) in [7, 11) is 0. The van der Waals surface area contributed by atoms with Gasteiger partial charge in [0.1, 0.15) is 0 Å². The van der Waals surface area contributed by atoms with Gasteiger partial charge in [0.2, 0.25) is 5.91 Å². The third-order valence-corrected chi connectivity index (χ3v) is 5.23. The van der Waals surface area contributed by atoms with Crippen LogP contribution < -0.4 is 16.2 Å². The number of nitrogens with one attached hydrogen (secondary N) is 2. The zero-order valence-corrected chi connectivity index (χ0v) is 17.2. The maximum Gasteiger partial charge on any atom is 0.276 e. The average molecular weight is 404 g/mol. The molecule has 1 aliphatic rings. The van der Waals surface area contributed by atoms with Crippen molar-refractivity contribution in [3.63, 3.8) is 0 Å². The van der Waals surface area contributed by atoms with E-state index in [1.54, 1.807) is 30.3 Å². The zero-order chi connectivity index (χ0) is 21.4. The van der Waals surface area contributed by atoms with Crippen molar-refractivity contribution in [1.29, 1.82) is 0 Å². The van der Waals surface area contributed by atoms with Crippen LogP contribution in [0, 0.1) is 12.8 Å². The number of rotatable bonds is 5. The number of aromatic nitrogens is 2. The normalized spacial score (nSPS) is 13.5. The van der Waals surface area contributed by atoms with Gasteiger partial charge in [-0.15, -0.1) is 0 Å². The molecule has 154 valence electrons. The fourth-order valence-corrected chi connectivity index (χ4v) is 3.33. The van der Waals surface area contributed by atoms with Crippen LogP contribution in [0.1, 0.15) is 48.8 Å². The molecule has 0 unspecified atom stereocenters. The first-order chi connectivity index (χ1) is 14.3. The molecule has 30 heavy (non-hydrogen) atoms. The van der Waals surface area contributed by atoms with E-state index >= 15 is 0 Å². The second kappa shape index (κ2) is 7.74. The molecule has 0 bridgehead atoms. The van der Waals surface area contributed by atoms with E-state index in [0.717, 1.165) is 18.4 Å². The minimum atomic E-state index is -0.408. The van der Waals surface area contributed by atoms with Crippen molar-refractivity contribution in [2.24, 2.45) is 5.92 Å². The number of benzene rings is 2. The number of hydrogen-bond acceptors (Lipinski definition) is 4. The monoisotopic (exact) mass is 404 g/mol. The molecule has 1 heterocycles. The van der Waals surface area contributed by atoms with Crippen LogP contribution in [-0.4, -0.2) is 21.6 Å². The van der Waals surface area contributed by atoms with Crippen molar-refractivity contribution in [3.05, 3.63) is 64.1 Å². The molecule has 1 saturated carbocycles. The molecule has 0 aliphatic heterocycles. The zero-order valence-electron chi connectivity index (χ0n) is 17.2. The van der Waals surface area contributed by atoms with Gasteiger partial charge in [0.25, 0.3) is 11.5 Å². The molecule has 1 fully saturated rings. The van der Waals surface area contributed by atoms with E-state index in [0.29, 0.717) is 22.1 Å². The van der Waals surface area contributed by atoms with Gasteiger partial charge >= 0.3 is 0 Å². The highest BCUT2D eigenvalue weighted by atomic mass is 16.2. The van der Waals surface area contributed by atoms with Crippen LogP contribution in [0.3, 0.4) is 0 Å². The standard InChI is InChI=1S/C23H24N4O3/c1-13(2)27-23(30)18-7-5-4-6-17(18)20(26-27)22(29)25-19-12-16(11-8-14(19)3)24-21(28)15-9-10-15/h4-8,11-13,15H,9-10H2,1-3H3,(H,24,28)(H,25,29). The molecule has 7 heteroatoms. The second-order valence-corrected chi connectivity index (χ2v) is 7.99. The van der Waals surface area contributed by atoms with Crippen molar-refractivity contribution < 1.29 is 9.59 Å². The van der Waals surface area contributed by atoms with Gasteiger partial charge in [-0.2, -0.15) is 5.10 Å². The second-order valence-electron chi connectivity index (χ2n) is 7.99. The molecular formula is C23H24N4O3. The van der Waals surface area contributed by atoms with Gasteiger partial charge in [-0.3, -0.25) is 14.4 Å². The summed E-state index contributed by atoms with van der Waals surface area (Å²) in [6.45, 7) is 5.57. The molecule has 3 aromatic rings. The Bertz CT molecular complexity index is 1210. The van der Waals surface area contributed by atoms with E-state index in [2.05, 4.69) is 15.7 Å². The summed E-state index contributed by atoms with van der Waals surface area (Å²) in [6, 6.07) is 12.2. The van der Waals surface area contributed by atoms with Crippen LogP contribution in [0.25, 0.3) is 10.8 Å². The third-order valence-electron chi connectivity index (χ3n) is 5.23. The highest BCUT2D eigenvalue weighted by molar-refractivity contribution is 6.11. The fourth-order valence-electron chi connectivity index (χ4n) is 3.33. The highest BCUT2D eigenvalue weighted by Gasteiger charge is 2.29. The Balaban J connectivity index is 1.69. The van der Waals surface area contributed by atoms with Gasteiger partial charge in [0.15, 0.2) is 5.69 Å². The van der Waals surface area contributed by atoms with E-state index < -0.39 is 5.91 Å². The van der Waals surface area contributed by atoms with Crippen molar-refractivity contribution in [1.82, 2.24) is 9.78 Å². The Kier molecular flexibility index (Phi) is 5.11. The van der Waals surface area contributed by atoms with E-state index in [1.165, 1.54) is 4.68 Å².